The molecule has 0 atom stereocenters. The van der Waals surface area contributed by atoms with Crippen LogP contribution in [0.3, 0.4) is 0 Å². The van der Waals surface area contributed by atoms with E-state index in [-0.39, 0.29) is 11.3 Å². The first-order chi connectivity index (χ1) is 11.0. The van der Waals surface area contributed by atoms with Crippen LogP contribution in [0.25, 0.3) is 16.0 Å². The molecule has 0 bridgehead atoms. The monoisotopic (exact) mass is 368 g/mol. The first-order valence-corrected chi connectivity index (χ1v) is 8.51. The van der Waals surface area contributed by atoms with E-state index in [9.17, 15) is 9.59 Å². The van der Waals surface area contributed by atoms with Gasteiger partial charge in [0.15, 0.2) is 4.34 Å². The third-order valence-electron chi connectivity index (χ3n) is 2.91. The highest BCUT2D eigenvalue weighted by molar-refractivity contribution is 8.01. The van der Waals surface area contributed by atoms with Gasteiger partial charge in [0.1, 0.15) is 5.82 Å². The summed E-state index contributed by atoms with van der Waals surface area (Å²) in [6.45, 7) is 1.69. The van der Waals surface area contributed by atoms with Gasteiger partial charge >= 0.3 is 5.97 Å². The molecule has 0 amide bonds. The Morgan fingerprint density at radius 2 is 2.22 bits per heavy atom. The van der Waals surface area contributed by atoms with Crippen LogP contribution in [0, 0.1) is 6.92 Å². The number of fused-ring (bicyclic) bond motifs is 1. The van der Waals surface area contributed by atoms with E-state index in [1.807, 2.05) is 0 Å². The molecule has 0 unspecified atom stereocenters. The van der Waals surface area contributed by atoms with Crippen LogP contribution in [0.4, 0.5) is 0 Å². The molecule has 2 heterocycles. The van der Waals surface area contributed by atoms with E-state index < -0.39 is 5.97 Å². The topological polar surface area (TPSA) is 98.0 Å². The molecular formula is C13H9ClN4O3S2. The number of aromatic nitrogens is 4. The van der Waals surface area contributed by atoms with Gasteiger partial charge in [0.2, 0.25) is 5.13 Å². The Hall–Kier alpha value is -1.97. The van der Waals surface area contributed by atoms with Crippen LogP contribution in [0.5, 0.6) is 0 Å². The zero-order valence-corrected chi connectivity index (χ0v) is 14.1. The van der Waals surface area contributed by atoms with Gasteiger partial charge in [0.25, 0.3) is 5.56 Å². The lowest BCUT2D eigenvalue weighted by molar-refractivity contribution is -0.133. The molecule has 0 spiro atoms. The first kappa shape index (κ1) is 15.9. The number of carbonyl (C=O) groups is 1. The summed E-state index contributed by atoms with van der Waals surface area (Å²) in [7, 11) is 0. The van der Waals surface area contributed by atoms with Crippen molar-refractivity contribution in [1.82, 2.24) is 19.7 Å². The number of aliphatic carboxylic acids is 1. The number of rotatable bonds is 4. The van der Waals surface area contributed by atoms with Crippen molar-refractivity contribution in [2.75, 3.05) is 5.75 Å². The van der Waals surface area contributed by atoms with Gasteiger partial charge in [0.05, 0.1) is 16.7 Å². The molecule has 23 heavy (non-hydrogen) atoms. The summed E-state index contributed by atoms with van der Waals surface area (Å²) in [6, 6.07) is 4.87. The minimum atomic E-state index is -0.940. The Kier molecular flexibility index (Phi) is 4.33. The highest BCUT2D eigenvalue weighted by Crippen LogP contribution is 2.25. The number of carboxylic acid groups (broad SMARTS) is 1. The number of aryl methyl sites for hydroxylation is 1. The van der Waals surface area contributed by atoms with Gasteiger partial charge < -0.3 is 5.11 Å². The zero-order chi connectivity index (χ0) is 16.6. The van der Waals surface area contributed by atoms with Gasteiger partial charge in [-0.15, -0.1) is 10.2 Å². The predicted octanol–water partition coefficient (Wildman–Crippen LogP) is 2.38. The molecule has 1 N–H and O–H groups in total. The average Bonchev–Trinajstić information content (AvgIpc) is 2.93. The number of hydrogen-bond donors (Lipinski definition) is 1. The Balaban J connectivity index is 2.08. The minimum Gasteiger partial charge on any atom is -0.481 e. The number of hydrogen-bond acceptors (Lipinski definition) is 7. The number of halogens is 1. The number of thioether (sulfide) groups is 1. The molecular weight excluding hydrogens is 360 g/mol. The summed E-state index contributed by atoms with van der Waals surface area (Å²) < 4.78 is 1.84. The van der Waals surface area contributed by atoms with Crippen molar-refractivity contribution in [3.05, 3.63) is 39.4 Å². The molecule has 118 valence electrons. The molecule has 0 aliphatic heterocycles. The largest absolute Gasteiger partial charge is 0.481 e. The molecule has 0 aliphatic carbocycles. The molecule has 1 aromatic carbocycles. The van der Waals surface area contributed by atoms with Crippen LogP contribution in [-0.4, -0.2) is 36.6 Å². The lowest BCUT2D eigenvalue weighted by Crippen LogP contribution is -2.22. The van der Waals surface area contributed by atoms with Crippen LogP contribution in [-0.2, 0) is 4.79 Å². The van der Waals surface area contributed by atoms with E-state index >= 15 is 0 Å². The summed E-state index contributed by atoms with van der Waals surface area (Å²) in [6.07, 6.45) is 0. The second-order valence-electron chi connectivity index (χ2n) is 4.49. The number of benzene rings is 1. The summed E-state index contributed by atoms with van der Waals surface area (Å²) in [5.41, 5.74) is 0.247. The van der Waals surface area contributed by atoms with Gasteiger partial charge in [-0.25, -0.2) is 9.55 Å². The van der Waals surface area contributed by atoms with Crippen molar-refractivity contribution in [1.29, 1.82) is 0 Å². The van der Waals surface area contributed by atoms with Crippen LogP contribution < -0.4 is 5.56 Å². The molecule has 0 saturated heterocycles. The highest BCUT2D eigenvalue weighted by Gasteiger charge is 2.15. The summed E-state index contributed by atoms with van der Waals surface area (Å²) in [5.74, 6) is -0.600. The Morgan fingerprint density at radius 3 is 2.96 bits per heavy atom. The highest BCUT2D eigenvalue weighted by atomic mass is 35.5. The van der Waals surface area contributed by atoms with Gasteiger partial charge in [0, 0.05) is 5.02 Å². The molecule has 3 aromatic rings. The molecule has 2 aromatic heterocycles. The number of carboxylic acids is 1. The normalized spacial score (nSPS) is 11.0. The smallest absolute Gasteiger partial charge is 0.313 e. The Labute approximate surface area is 143 Å². The molecule has 0 radical (unpaired) electrons. The Morgan fingerprint density at radius 1 is 1.43 bits per heavy atom. The third kappa shape index (κ3) is 3.21. The standard InChI is InChI=1S/C13H9ClN4O3S2/c1-6-15-9-4-7(14)2-3-8(9)11(21)18(6)12-16-17-13(23-12)22-5-10(19)20/h2-4H,5H2,1H3,(H,19,20). The fourth-order valence-electron chi connectivity index (χ4n) is 1.97. The van der Waals surface area contributed by atoms with Crippen molar-refractivity contribution in [2.45, 2.75) is 11.3 Å². The fourth-order valence-corrected chi connectivity index (χ4v) is 3.74. The van der Waals surface area contributed by atoms with Crippen LogP contribution in [0.2, 0.25) is 5.02 Å². The molecule has 0 aliphatic rings. The molecule has 10 heteroatoms. The molecule has 3 rings (SSSR count). The maximum absolute atomic E-state index is 12.7. The summed E-state index contributed by atoms with van der Waals surface area (Å²) in [5, 5.41) is 17.8. The third-order valence-corrected chi connectivity index (χ3v) is 5.17. The second kappa shape index (κ2) is 6.26. The van der Waals surface area contributed by atoms with Gasteiger partial charge in [-0.05, 0) is 25.1 Å². The van der Waals surface area contributed by atoms with E-state index in [0.29, 0.717) is 31.2 Å². The van der Waals surface area contributed by atoms with Crippen molar-refractivity contribution in [3.63, 3.8) is 0 Å². The second-order valence-corrected chi connectivity index (χ2v) is 7.11. The quantitative estimate of drug-likeness (QED) is 0.706. The van der Waals surface area contributed by atoms with Crippen molar-refractivity contribution >= 4 is 51.6 Å². The predicted molar refractivity (Wildman–Crippen MR) is 88.9 cm³/mol. The van der Waals surface area contributed by atoms with Gasteiger partial charge in [-0.2, -0.15) is 0 Å². The molecule has 0 saturated carbocycles. The maximum atomic E-state index is 12.7. The lowest BCUT2D eigenvalue weighted by atomic mass is 10.2. The SMILES string of the molecule is Cc1nc2cc(Cl)ccc2c(=O)n1-c1nnc(SCC(=O)O)s1. The van der Waals surface area contributed by atoms with E-state index in [2.05, 4.69) is 15.2 Å². The minimum absolute atomic E-state index is 0.114. The van der Waals surface area contributed by atoms with Crippen molar-refractivity contribution in [2.24, 2.45) is 0 Å². The average molecular weight is 369 g/mol. The van der Waals surface area contributed by atoms with E-state index in [0.717, 1.165) is 23.1 Å². The van der Waals surface area contributed by atoms with E-state index in [1.165, 1.54) is 4.57 Å². The zero-order valence-electron chi connectivity index (χ0n) is 11.7. The van der Waals surface area contributed by atoms with Crippen molar-refractivity contribution in [3.8, 4) is 5.13 Å². The lowest BCUT2D eigenvalue weighted by Gasteiger charge is -2.07. The van der Waals surface area contributed by atoms with Gasteiger partial charge in [-0.1, -0.05) is 34.7 Å². The summed E-state index contributed by atoms with van der Waals surface area (Å²) >= 11 is 8.12. The van der Waals surface area contributed by atoms with Crippen LogP contribution in [0.1, 0.15) is 5.82 Å². The summed E-state index contributed by atoms with van der Waals surface area (Å²) in [4.78, 5) is 27.6. The molecule has 7 nitrogen and oxygen atoms in total. The van der Waals surface area contributed by atoms with Crippen LogP contribution in [0.15, 0.2) is 27.3 Å². The maximum Gasteiger partial charge on any atom is 0.313 e. The Bertz CT molecular complexity index is 969. The fraction of sp³-hybridized carbons (Fsp3) is 0.154. The first-order valence-electron chi connectivity index (χ1n) is 6.33. The van der Waals surface area contributed by atoms with Crippen molar-refractivity contribution < 1.29 is 9.90 Å². The molecule has 0 fully saturated rings. The van der Waals surface area contributed by atoms with E-state index in [4.69, 9.17) is 16.7 Å². The van der Waals surface area contributed by atoms with Crippen LogP contribution >= 0.6 is 34.7 Å². The van der Waals surface area contributed by atoms with Gasteiger partial charge in [-0.3, -0.25) is 9.59 Å². The number of nitrogens with zero attached hydrogens (tertiary/aromatic N) is 4. The van der Waals surface area contributed by atoms with E-state index in [1.54, 1.807) is 25.1 Å².